The maximum atomic E-state index is 12.3. The van der Waals surface area contributed by atoms with Crippen molar-refractivity contribution in [1.29, 1.82) is 0 Å². The number of pyridine rings is 1. The van der Waals surface area contributed by atoms with E-state index < -0.39 is 13.0 Å². The molecule has 0 aliphatic carbocycles. The lowest BCUT2D eigenvalue weighted by Gasteiger charge is -2.15. The third-order valence-electron chi connectivity index (χ3n) is 3.69. The second-order valence-electron chi connectivity index (χ2n) is 6.12. The third kappa shape index (κ3) is 6.14. The normalized spacial score (nSPS) is 12.1. The highest BCUT2D eigenvalue weighted by molar-refractivity contribution is 5.87. The second kappa shape index (κ2) is 8.55. The van der Waals surface area contributed by atoms with Crippen LogP contribution in [0.3, 0.4) is 0 Å². The Labute approximate surface area is 146 Å². The molecule has 1 unspecified atom stereocenters. The van der Waals surface area contributed by atoms with Crippen molar-refractivity contribution >= 4 is 11.7 Å². The number of amides is 1. The van der Waals surface area contributed by atoms with Gasteiger partial charge in [0, 0.05) is 13.1 Å². The summed E-state index contributed by atoms with van der Waals surface area (Å²) in [6.07, 6.45) is -0.112. The number of halogens is 2. The lowest BCUT2D eigenvalue weighted by molar-refractivity contribution is -0.114. The number of rotatable bonds is 7. The van der Waals surface area contributed by atoms with Crippen LogP contribution in [0.4, 0.5) is 14.6 Å². The van der Waals surface area contributed by atoms with E-state index in [4.69, 9.17) is 4.74 Å². The Kier molecular flexibility index (Phi) is 6.44. The van der Waals surface area contributed by atoms with Gasteiger partial charge in [-0.05, 0) is 60.2 Å². The molecule has 0 aliphatic heterocycles. The first-order valence-corrected chi connectivity index (χ1v) is 8.08. The standard InChI is InChI=1S/C19H22F2N2O2/c1-12-6-16(10-17(7-12)25-11-18(20)21)13(2)8-15-4-5-22-19(9-15)23-14(3)24/h4-7,9-10,13,18H,8,11H2,1-3H3,(H,22,23,24). The zero-order valence-corrected chi connectivity index (χ0v) is 14.6. The maximum absolute atomic E-state index is 12.3. The molecule has 0 aliphatic rings. The van der Waals surface area contributed by atoms with E-state index in [0.717, 1.165) is 23.1 Å². The number of benzene rings is 1. The molecule has 1 aromatic heterocycles. The zero-order chi connectivity index (χ0) is 18.4. The van der Waals surface area contributed by atoms with Crippen molar-refractivity contribution in [2.45, 2.75) is 39.5 Å². The van der Waals surface area contributed by atoms with E-state index in [2.05, 4.69) is 17.2 Å². The van der Waals surface area contributed by atoms with E-state index in [0.29, 0.717) is 11.6 Å². The van der Waals surface area contributed by atoms with Gasteiger partial charge in [0.2, 0.25) is 5.91 Å². The number of nitrogens with zero attached hydrogens (tertiary/aromatic N) is 1. The largest absolute Gasteiger partial charge is 0.488 e. The van der Waals surface area contributed by atoms with Crippen LogP contribution in [0.25, 0.3) is 0 Å². The summed E-state index contributed by atoms with van der Waals surface area (Å²) in [5.74, 6) is 0.955. The van der Waals surface area contributed by atoms with E-state index in [1.54, 1.807) is 18.3 Å². The molecule has 0 fully saturated rings. The van der Waals surface area contributed by atoms with Crippen molar-refractivity contribution in [2.24, 2.45) is 0 Å². The van der Waals surface area contributed by atoms with Gasteiger partial charge in [-0.2, -0.15) is 0 Å². The highest BCUT2D eigenvalue weighted by atomic mass is 19.3. The van der Waals surface area contributed by atoms with E-state index >= 15 is 0 Å². The minimum atomic E-state index is -2.49. The van der Waals surface area contributed by atoms with Crippen molar-refractivity contribution in [3.63, 3.8) is 0 Å². The van der Waals surface area contributed by atoms with Crippen molar-refractivity contribution in [2.75, 3.05) is 11.9 Å². The molecule has 1 N–H and O–H groups in total. The monoisotopic (exact) mass is 348 g/mol. The van der Waals surface area contributed by atoms with Crippen LogP contribution < -0.4 is 10.1 Å². The Morgan fingerprint density at radius 1 is 1.28 bits per heavy atom. The Bertz CT molecular complexity index is 735. The van der Waals surface area contributed by atoms with Gasteiger partial charge in [0.25, 0.3) is 6.43 Å². The first-order chi connectivity index (χ1) is 11.8. The molecule has 134 valence electrons. The molecule has 6 heteroatoms. The molecule has 0 saturated carbocycles. The topological polar surface area (TPSA) is 51.2 Å². The predicted octanol–water partition coefficient (Wildman–Crippen LogP) is 4.34. The van der Waals surface area contributed by atoms with Gasteiger partial charge in [-0.15, -0.1) is 0 Å². The molecular weight excluding hydrogens is 326 g/mol. The smallest absolute Gasteiger partial charge is 0.272 e. The summed E-state index contributed by atoms with van der Waals surface area (Å²) in [5, 5.41) is 2.66. The van der Waals surface area contributed by atoms with Crippen LogP contribution in [0.5, 0.6) is 5.75 Å². The van der Waals surface area contributed by atoms with Gasteiger partial charge < -0.3 is 10.1 Å². The number of nitrogens with one attached hydrogen (secondary N) is 1. The molecule has 2 aromatic rings. The minimum absolute atomic E-state index is 0.154. The highest BCUT2D eigenvalue weighted by Gasteiger charge is 2.11. The number of ether oxygens (including phenoxy) is 1. The summed E-state index contributed by atoms with van der Waals surface area (Å²) in [5.41, 5.74) is 3.01. The second-order valence-corrected chi connectivity index (χ2v) is 6.12. The van der Waals surface area contributed by atoms with Crippen LogP contribution in [-0.2, 0) is 11.2 Å². The molecule has 25 heavy (non-hydrogen) atoms. The highest BCUT2D eigenvalue weighted by Crippen LogP contribution is 2.26. The first kappa shape index (κ1) is 18.8. The fourth-order valence-corrected chi connectivity index (χ4v) is 2.63. The van der Waals surface area contributed by atoms with Crippen molar-refractivity contribution < 1.29 is 18.3 Å². The number of carbonyl (C=O) groups excluding carboxylic acids is 1. The van der Waals surface area contributed by atoms with E-state index in [1.165, 1.54) is 6.92 Å². The van der Waals surface area contributed by atoms with Crippen LogP contribution in [0, 0.1) is 6.92 Å². The molecule has 0 spiro atoms. The quantitative estimate of drug-likeness (QED) is 0.810. The first-order valence-electron chi connectivity index (χ1n) is 8.08. The lowest BCUT2D eigenvalue weighted by Crippen LogP contribution is -2.09. The summed E-state index contributed by atoms with van der Waals surface area (Å²) in [4.78, 5) is 15.2. The fourth-order valence-electron chi connectivity index (χ4n) is 2.63. The van der Waals surface area contributed by atoms with Crippen LogP contribution in [0.15, 0.2) is 36.5 Å². The summed E-state index contributed by atoms with van der Waals surface area (Å²) >= 11 is 0. The van der Waals surface area contributed by atoms with E-state index in [1.807, 2.05) is 25.1 Å². The lowest BCUT2D eigenvalue weighted by atomic mass is 9.93. The van der Waals surface area contributed by atoms with Crippen molar-refractivity contribution in [3.05, 3.63) is 53.2 Å². The number of hydrogen-bond acceptors (Lipinski definition) is 3. The number of hydrogen-bond donors (Lipinski definition) is 1. The Balaban J connectivity index is 2.12. The molecule has 1 amide bonds. The third-order valence-corrected chi connectivity index (χ3v) is 3.69. The van der Waals surface area contributed by atoms with Crippen LogP contribution >= 0.6 is 0 Å². The van der Waals surface area contributed by atoms with Gasteiger partial charge in [-0.1, -0.05) is 13.0 Å². The molecule has 0 radical (unpaired) electrons. The molecule has 1 heterocycles. The van der Waals surface area contributed by atoms with Crippen LogP contribution in [0.1, 0.15) is 36.5 Å². The molecule has 4 nitrogen and oxygen atoms in total. The summed E-state index contributed by atoms with van der Waals surface area (Å²) in [6.45, 7) is 4.79. The molecule has 1 atom stereocenters. The van der Waals surface area contributed by atoms with Gasteiger partial charge in [0.1, 0.15) is 18.2 Å². The van der Waals surface area contributed by atoms with Crippen molar-refractivity contribution in [3.8, 4) is 5.75 Å². The van der Waals surface area contributed by atoms with Crippen LogP contribution in [-0.4, -0.2) is 23.9 Å². The Morgan fingerprint density at radius 2 is 2.04 bits per heavy atom. The fraction of sp³-hybridized carbons (Fsp3) is 0.368. The van der Waals surface area contributed by atoms with E-state index in [-0.39, 0.29) is 11.8 Å². The minimum Gasteiger partial charge on any atom is -0.488 e. The maximum Gasteiger partial charge on any atom is 0.272 e. The molecule has 0 bridgehead atoms. The average molecular weight is 348 g/mol. The Morgan fingerprint density at radius 3 is 2.72 bits per heavy atom. The van der Waals surface area contributed by atoms with E-state index in [9.17, 15) is 13.6 Å². The van der Waals surface area contributed by atoms with Gasteiger partial charge in [-0.25, -0.2) is 13.8 Å². The number of anilines is 1. The number of aromatic nitrogens is 1. The van der Waals surface area contributed by atoms with Crippen molar-refractivity contribution in [1.82, 2.24) is 4.98 Å². The number of carbonyl (C=O) groups is 1. The summed E-state index contributed by atoms with van der Waals surface area (Å²) in [6, 6.07) is 9.30. The van der Waals surface area contributed by atoms with Gasteiger partial charge in [0.05, 0.1) is 0 Å². The zero-order valence-electron chi connectivity index (χ0n) is 14.6. The van der Waals surface area contributed by atoms with Gasteiger partial charge in [-0.3, -0.25) is 4.79 Å². The molecule has 1 aromatic carbocycles. The number of aryl methyl sites for hydroxylation is 1. The molecule has 0 saturated heterocycles. The number of alkyl halides is 2. The molecule has 2 rings (SSSR count). The summed E-state index contributed by atoms with van der Waals surface area (Å²) < 4.78 is 29.8. The Hall–Kier alpha value is -2.50. The average Bonchev–Trinajstić information content (AvgIpc) is 2.52. The van der Waals surface area contributed by atoms with Crippen LogP contribution in [0.2, 0.25) is 0 Å². The summed E-state index contributed by atoms with van der Waals surface area (Å²) in [7, 11) is 0. The molecular formula is C19H22F2N2O2. The SMILES string of the molecule is CC(=O)Nc1cc(CC(C)c2cc(C)cc(OCC(F)F)c2)ccn1. The van der Waals surface area contributed by atoms with Gasteiger partial charge in [0.15, 0.2) is 0 Å². The predicted molar refractivity (Wildman–Crippen MR) is 93.3 cm³/mol. The van der Waals surface area contributed by atoms with Gasteiger partial charge >= 0.3 is 0 Å².